The first-order chi connectivity index (χ1) is 16.3. The second-order valence-electron chi connectivity index (χ2n) is 10.7. The highest BCUT2D eigenvalue weighted by Gasteiger charge is 2.45. The van der Waals surface area contributed by atoms with E-state index in [-0.39, 0.29) is 9.93 Å². The largest absolute Gasteiger partial charge is 0.370 e. The van der Waals surface area contributed by atoms with Gasteiger partial charge in [0.05, 0.1) is 10.9 Å². The van der Waals surface area contributed by atoms with Gasteiger partial charge in [0.1, 0.15) is 5.82 Å². The van der Waals surface area contributed by atoms with Gasteiger partial charge in [-0.2, -0.15) is 4.31 Å². The SMILES string of the molecule is C#CCCC1c2c(c3cc(Cl)ccc3n2[Si](C)(C)C(C)(C)C)CCN1S(=O)(=O)c1ccc(F)cc1. The van der Waals surface area contributed by atoms with Gasteiger partial charge in [-0.15, -0.1) is 12.3 Å². The van der Waals surface area contributed by atoms with Crippen LogP contribution < -0.4 is 0 Å². The minimum absolute atomic E-state index is 0.00112. The van der Waals surface area contributed by atoms with Crippen LogP contribution >= 0.6 is 11.6 Å². The van der Waals surface area contributed by atoms with Crippen LogP contribution in [0.5, 0.6) is 0 Å². The van der Waals surface area contributed by atoms with Crippen LogP contribution in [0.15, 0.2) is 47.4 Å². The summed E-state index contributed by atoms with van der Waals surface area (Å²) in [4.78, 5) is 0.0890. The maximum absolute atomic E-state index is 13.8. The van der Waals surface area contributed by atoms with Gasteiger partial charge in [-0.3, -0.25) is 0 Å². The fourth-order valence-corrected chi connectivity index (χ4v) is 9.09. The number of halogens is 2. The molecule has 0 amide bonds. The molecule has 0 spiro atoms. The van der Waals surface area contributed by atoms with Crippen LogP contribution in [0.25, 0.3) is 10.9 Å². The predicted molar refractivity (Wildman–Crippen MR) is 144 cm³/mol. The average molecular weight is 531 g/mol. The zero-order chi connectivity index (χ0) is 25.8. The van der Waals surface area contributed by atoms with Crippen LogP contribution in [0.2, 0.25) is 23.2 Å². The molecule has 8 heteroatoms. The molecular formula is C27H32ClFN2O2SSi. The van der Waals surface area contributed by atoms with Gasteiger partial charge in [-0.05, 0) is 65.9 Å². The molecular weight excluding hydrogens is 499 g/mol. The molecule has 2 heterocycles. The number of hydrogen-bond acceptors (Lipinski definition) is 2. The van der Waals surface area contributed by atoms with Gasteiger partial charge < -0.3 is 4.23 Å². The summed E-state index contributed by atoms with van der Waals surface area (Å²) in [7, 11) is -6.07. The van der Waals surface area contributed by atoms with E-state index in [1.165, 1.54) is 24.3 Å². The van der Waals surface area contributed by atoms with E-state index in [0.29, 0.717) is 30.8 Å². The van der Waals surface area contributed by atoms with Crippen LogP contribution in [-0.2, 0) is 16.4 Å². The summed E-state index contributed by atoms with van der Waals surface area (Å²) in [6, 6.07) is 10.6. The first kappa shape index (κ1) is 26.0. The predicted octanol–water partition coefficient (Wildman–Crippen LogP) is 6.99. The van der Waals surface area contributed by atoms with E-state index in [9.17, 15) is 12.8 Å². The van der Waals surface area contributed by atoms with E-state index in [1.807, 2.05) is 12.1 Å². The maximum Gasteiger partial charge on any atom is 0.243 e. The van der Waals surface area contributed by atoms with Crippen molar-refractivity contribution in [1.82, 2.24) is 8.54 Å². The van der Waals surface area contributed by atoms with Crippen LogP contribution in [0, 0.1) is 18.2 Å². The fourth-order valence-electron chi connectivity index (χ4n) is 4.94. The van der Waals surface area contributed by atoms with E-state index < -0.39 is 30.1 Å². The highest BCUT2D eigenvalue weighted by Crippen LogP contribution is 2.47. The van der Waals surface area contributed by atoms with Crippen molar-refractivity contribution in [3.8, 4) is 12.3 Å². The summed E-state index contributed by atoms with van der Waals surface area (Å²) in [6.07, 6.45) is 7.18. The van der Waals surface area contributed by atoms with Gasteiger partial charge in [0.25, 0.3) is 0 Å². The summed E-state index contributed by atoms with van der Waals surface area (Å²) in [5.41, 5.74) is 3.28. The number of fused-ring (bicyclic) bond motifs is 3. The molecule has 0 saturated heterocycles. The lowest BCUT2D eigenvalue weighted by atomic mass is 9.96. The van der Waals surface area contributed by atoms with Crippen LogP contribution in [0.3, 0.4) is 0 Å². The fraction of sp³-hybridized carbons (Fsp3) is 0.407. The number of rotatable bonds is 5. The number of terminal acetylenes is 1. The Hall–Kier alpha value is -2.11. The normalized spacial score (nSPS) is 17.4. The van der Waals surface area contributed by atoms with Crippen LogP contribution in [0.1, 0.15) is 50.9 Å². The molecule has 2 aromatic carbocycles. The van der Waals surface area contributed by atoms with Crippen molar-refractivity contribution in [2.45, 2.75) is 69.1 Å². The topological polar surface area (TPSA) is 42.3 Å². The molecule has 0 saturated carbocycles. The first-order valence-electron chi connectivity index (χ1n) is 11.8. The third kappa shape index (κ3) is 4.35. The molecule has 0 fully saturated rings. The molecule has 0 bridgehead atoms. The van der Waals surface area contributed by atoms with Gasteiger partial charge in [-0.25, -0.2) is 12.8 Å². The smallest absolute Gasteiger partial charge is 0.243 e. The molecule has 3 aromatic rings. The quantitative estimate of drug-likeness (QED) is 0.263. The van der Waals surface area contributed by atoms with Crippen molar-refractivity contribution in [3.05, 3.63) is 64.6 Å². The summed E-state index contributed by atoms with van der Waals surface area (Å²) in [5.74, 6) is 2.24. The second kappa shape index (κ2) is 9.08. The van der Waals surface area contributed by atoms with Gasteiger partial charge in [0, 0.05) is 34.6 Å². The minimum atomic E-state index is -3.87. The Kier molecular flexibility index (Phi) is 6.73. The zero-order valence-electron chi connectivity index (χ0n) is 20.9. The summed E-state index contributed by atoms with van der Waals surface area (Å²) >= 11 is 6.43. The third-order valence-corrected chi connectivity index (χ3v) is 15.1. The second-order valence-corrected chi connectivity index (χ2v) is 18.1. The number of aromatic nitrogens is 1. The van der Waals surface area contributed by atoms with Gasteiger partial charge in [0.2, 0.25) is 10.0 Å². The van der Waals surface area contributed by atoms with E-state index in [1.54, 1.807) is 4.31 Å². The van der Waals surface area contributed by atoms with Gasteiger partial charge in [0.15, 0.2) is 8.24 Å². The minimum Gasteiger partial charge on any atom is -0.370 e. The monoisotopic (exact) mass is 530 g/mol. The summed E-state index contributed by atoms with van der Waals surface area (Å²) in [5, 5.41) is 1.75. The van der Waals surface area contributed by atoms with E-state index >= 15 is 0 Å². The Labute approximate surface area is 214 Å². The molecule has 1 atom stereocenters. The lowest BCUT2D eigenvalue weighted by Gasteiger charge is -2.43. The Morgan fingerprint density at radius 2 is 1.83 bits per heavy atom. The standard InChI is InChI=1S/C27H32ClFN2O2SSi/c1-7-8-9-25-26-22(16-17-30(25)34(32,33)21-13-11-20(29)12-14-21)23-18-19(28)10-15-24(23)31(26)35(5,6)27(2,3)4/h1,10-15,18,25H,8-9,16-17H2,2-6H3. The third-order valence-electron chi connectivity index (χ3n) is 7.70. The van der Waals surface area contributed by atoms with E-state index in [2.05, 4.69) is 50.1 Å². The van der Waals surface area contributed by atoms with Crippen LogP contribution in [-0.4, -0.2) is 31.7 Å². The van der Waals surface area contributed by atoms with Crippen molar-refractivity contribution in [3.63, 3.8) is 0 Å². The lowest BCUT2D eigenvalue weighted by molar-refractivity contribution is 0.289. The highest BCUT2D eigenvalue weighted by atomic mass is 35.5. The molecule has 35 heavy (non-hydrogen) atoms. The van der Waals surface area contributed by atoms with Crippen molar-refractivity contribution in [2.24, 2.45) is 0 Å². The van der Waals surface area contributed by atoms with E-state index in [0.717, 1.165) is 22.2 Å². The molecule has 4 nitrogen and oxygen atoms in total. The van der Waals surface area contributed by atoms with Gasteiger partial charge in [-0.1, -0.05) is 45.5 Å². The molecule has 1 unspecified atom stereocenters. The molecule has 0 aliphatic carbocycles. The molecule has 1 aromatic heterocycles. The zero-order valence-corrected chi connectivity index (χ0v) is 23.5. The molecule has 0 N–H and O–H groups in total. The lowest BCUT2D eigenvalue weighted by Crippen LogP contribution is -2.49. The molecule has 1 aliphatic heterocycles. The maximum atomic E-state index is 13.8. The molecule has 1 aliphatic rings. The number of benzene rings is 2. The number of sulfonamides is 1. The number of hydrogen-bond donors (Lipinski definition) is 0. The van der Waals surface area contributed by atoms with Gasteiger partial charge >= 0.3 is 0 Å². The first-order valence-corrected chi connectivity index (χ1v) is 16.6. The van der Waals surface area contributed by atoms with Crippen molar-refractivity contribution in [2.75, 3.05) is 6.54 Å². The molecule has 4 rings (SSSR count). The Balaban J connectivity index is 2.01. The summed E-state index contributed by atoms with van der Waals surface area (Å²) in [6.45, 7) is 11.7. The van der Waals surface area contributed by atoms with Crippen molar-refractivity contribution in [1.29, 1.82) is 0 Å². The Bertz CT molecular complexity index is 1420. The average Bonchev–Trinajstić information content (AvgIpc) is 3.11. The highest BCUT2D eigenvalue weighted by molar-refractivity contribution is 7.89. The van der Waals surface area contributed by atoms with Crippen molar-refractivity contribution >= 4 is 40.8 Å². The Morgan fingerprint density at radius 1 is 1.17 bits per heavy atom. The van der Waals surface area contributed by atoms with Crippen molar-refractivity contribution < 1.29 is 12.8 Å². The Morgan fingerprint density at radius 3 is 2.43 bits per heavy atom. The summed E-state index contributed by atoms with van der Waals surface area (Å²) < 4.78 is 45.3. The van der Waals surface area contributed by atoms with Crippen LogP contribution in [0.4, 0.5) is 4.39 Å². The molecule has 186 valence electrons. The van der Waals surface area contributed by atoms with E-state index in [4.69, 9.17) is 18.0 Å². The molecule has 0 radical (unpaired) electrons. The number of nitrogens with zero attached hydrogens (tertiary/aromatic N) is 2.